The molecule has 0 aliphatic rings. The van der Waals surface area contributed by atoms with Gasteiger partial charge in [-0.15, -0.1) is 0 Å². The molecule has 0 atom stereocenters. The van der Waals surface area contributed by atoms with Crippen molar-refractivity contribution >= 4 is 0 Å². The van der Waals surface area contributed by atoms with Crippen molar-refractivity contribution in [1.29, 1.82) is 0 Å². The van der Waals surface area contributed by atoms with Crippen molar-refractivity contribution in [2.24, 2.45) is 0 Å². The lowest BCUT2D eigenvalue weighted by Crippen LogP contribution is -2.09. The van der Waals surface area contributed by atoms with Gasteiger partial charge in [-0.2, -0.15) is 24.0 Å². The van der Waals surface area contributed by atoms with Gasteiger partial charge in [0.1, 0.15) is 31.6 Å². The van der Waals surface area contributed by atoms with Gasteiger partial charge in [-0.05, 0) is 0 Å². The highest BCUT2D eigenvalue weighted by Gasteiger charge is 2.15. The summed E-state index contributed by atoms with van der Waals surface area (Å²) in [4.78, 5) is 15.1. The minimum Gasteiger partial charge on any atom is -0.223 e. The van der Waals surface area contributed by atoms with E-state index in [1.165, 1.54) is 41.0 Å². The first-order chi connectivity index (χ1) is 8.36. The lowest BCUT2D eigenvalue weighted by Gasteiger charge is -2.04. The summed E-state index contributed by atoms with van der Waals surface area (Å²) in [6.45, 7) is 0. The van der Waals surface area contributed by atoms with Gasteiger partial charge in [0.05, 0.1) is 0 Å². The molecule has 0 N–H and O–H groups in total. The van der Waals surface area contributed by atoms with Crippen LogP contribution >= 0.6 is 0 Å². The Kier molecular flexibility index (Phi) is 2.07. The first-order valence-corrected chi connectivity index (χ1v) is 4.57. The van der Waals surface area contributed by atoms with Crippen LogP contribution in [0, 0.1) is 5.82 Å². The molecule has 0 unspecified atom stereocenters. The third-order valence-electron chi connectivity index (χ3n) is 2.02. The summed E-state index contributed by atoms with van der Waals surface area (Å²) >= 11 is 0. The topological polar surface area (TPSA) is 87.2 Å². The molecule has 0 saturated heterocycles. The van der Waals surface area contributed by atoms with E-state index in [0.717, 1.165) is 0 Å². The average Bonchev–Trinajstić information content (AvgIpc) is 3.02. The van der Waals surface area contributed by atoms with Gasteiger partial charge in [0.15, 0.2) is 11.6 Å². The van der Waals surface area contributed by atoms with Crippen molar-refractivity contribution in [2.75, 3.05) is 0 Å². The van der Waals surface area contributed by atoms with Gasteiger partial charge in [0.25, 0.3) is 0 Å². The molecule has 17 heavy (non-hydrogen) atoms. The molecule has 0 bridgehead atoms. The third-order valence-corrected chi connectivity index (χ3v) is 2.02. The molecule has 0 aromatic carbocycles. The summed E-state index contributed by atoms with van der Waals surface area (Å²) < 4.78 is 16.5. The molecule has 0 aliphatic carbocycles. The van der Waals surface area contributed by atoms with E-state index >= 15 is 0 Å². The highest BCUT2D eigenvalue weighted by atomic mass is 19.1. The molecule has 3 heterocycles. The zero-order chi connectivity index (χ0) is 11.7. The van der Waals surface area contributed by atoms with Gasteiger partial charge in [-0.3, -0.25) is 0 Å². The Bertz CT molecular complexity index is 565. The van der Waals surface area contributed by atoms with Gasteiger partial charge in [0, 0.05) is 0 Å². The summed E-state index contributed by atoms with van der Waals surface area (Å²) in [6, 6.07) is 0. The molecule has 84 valence electrons. The first kappa shape index (κ1) is 9.51. The summed E-state index contributed by atoms with van der Waals surface area (Å²) in [5, 5.41) is 7.60. The van der Waals surface area contributed by atoms with Crippen molar-refractivity contribution in [3.63, 3.8) is 0 Å². The van der Waals surface area contributed by atoms with Crippen LogP contribution in [-0.2, 0) is 0 Å². The maximum atomic E-state index is 14.1. The van der Waals surface area contributed by atoms with Crippen LogP contribution in [0.3, 0.4) is 0 Å². The molecule has 3 rings (SSSR count). The molecule has 0 saturated carbocycles. The predicted molar refractivity (Wildman–Crippen MR) is 51.8 cm³/mol. The Morgan fingerprint density at radius 1 is 0.824 bits per heavy atom. The molecule has 0 spiro atoms. The van der Waals surface area contributed by atoms with Gasteiger partial charge in [-0.1, -0.05) is 0 Å². The molecule has 0 fully saturated rings. The van der Waals surface area contributed by atoms with Crippen LogP contribution in [0.1, 0.15) is 0 Å². The Labute approximate surface area is 93.8 Å². The minimum atomic E-state index is -0.650. The number of aromatic nitrogens is 8. The first-order valence-electron chi connectivity index (χ1n) is 4.57. The fourth-order valence-electron chi connectivity index (χ4n) is 1.31. The van der Waals surface area contributed by atoms with E-state index in [-0.39, 0.29) is 11.6 Å². The van der Waals surface area contributed by atoms with E-state index in [9.17, 15) is 4.39 Å². The molecular weight excluding hydrogens is 227 g/mol. The quantitative estimate of drug-likeness (QED) is 0.606. The lowest BCUT2D eigenvalue weighted by molar-refractivity contribution is 0.574. The largest absolute Gasteiger partial charge is 0.223 e. The number of halogens is 1. The van der Waals surface area contributed by atoms with Crippen molar-refractivity contribution < 1.29 is 4.39 Å². The van der Waals surface area contributed by atoms with Crippen molar-refractivity contribution in [1.82, 2.24) is 39.5 Å². The minimum absolute atomic E-state index is 0.00278. The standard InChI is InChI=1S/C8H5FN8/c9-6-7(16-4-10-1-14-16)12-3-13-8(6)17-5-11-2-15-17/h1-5H. The summed E-state index contributed by atoms with van der Waals surface area (Å²) in [5.41, 5.74) is 0. The third kappa shape index (κ3) is 1.53. The fraction of sp³-hybridized carbons (Fsp3) is 0. The maximum absolute atomic E-state index is 14.1. The van der Waals surface area contributed by atoms with E-state index in [4.69, 9.17) is 0 Å². The highest BCUT2D eigenvalue weighted by Crippen LogP contribution is 2.13. The maximum Gasteiger partial charge on any atom is 0.212 e. The smallest absolute Gasteiger partial charge is 0.212 e. The van der Waals surface area contributed by atoms with Crippen LogP contribution < -0.4 is 0 Å². The van der Waals surface area contributed by atoms with E-state index in [1.54, 1.807) is 0 Å². The molecule has 0 amide bonds. The molecule has 3 aromatic rings. The van der Waals surface area contributed by atoms with Gasteiger partial charge < -0.3 is 0 Å². The van der Waals surface area contributed by atoms with Crippen LogP contribution in [0.2, 0.25) is 0 Å². The normalized spacial score (nSPS) is 10.6. The molecule has 8 nitrogen and oxygen atoms in total. The van der Waals surface area contributed by atoms with E-state index in [1.807, 2.05) is 0 Å². The SMILES string of the molecule is Fc1c(-n2cncn2)ncnc1-n1cncn1. The number of hydrogen-bond donors (Lipinski definition) is 0. The second-order valence-corrected chi connectivity index (χ2v) is 3.01. The molecule has 3 aromatic heterocycles. The van der Waals surface area contributed by atoms with Crippen LogP contribution in [-0.4, -0.2) is 39.5 Å². The Hall–Kier alpha value is -2.71. The predicted octanol–water partition coefficient (Wildman–Crippen LogP) is -0.223. The summed E-state index contributed by atoms with van der Waals surface area (Å²) in [6.07, 6.45) is 6.48. The molecule has 9 heteroatoms. The number of nitrogens with zero attached hydrogens (tertiary/aromatic N) is 8. The summed E-state index contributed by atoms with van der Waals surface area (Å²) in [5.74, 6) is -0.644. The van der Waals surface area contributed by atoms with Crippen molar-refractivity contribution in [3.8, 4) is 11.6 Å². The Morgan fingerprint density at radius 3 is 1.76 bits per heavy atom. The van der Waals surface area contributed by atoms with Crippen LogP contribution in [0.5, 0.6) is 0 Å². The number of rotatable bonds is 2. The monoisotopic (exact) mass is 232 g/mol. The zero-order valence-electron chi connectivity index (χ0n) is 8.34. The Morgan fingerprint density at radius 2 is 1.35 bits per heavy atom. The van der Waals surface area contributed by atoms with Gasteiger partial charge >= 0.3 is 0 Å². The highest BCUT2D eigenvalue weighted by molar-refractivity contribution is 5.32. The van der Waals surface area contributed by atoms with E-state index < -0.39 is 5.82 Å². The van der Waals surface area contributed by atoms with Gasteiger partial charge in [0.2, 0.25) is 5.82 Å². The molecule has 0 aliphatic heterocycles. The Balaban J connectivity index is 2.17. The molecule has 0 radical (unpaired) electrons. The van der Waals surface area contributed by atoms with Crippen LogP contribution in [0.4, 0.5) is 4.39 Å². The number of hydrogen-bond acceptors (Lipinski definition) is 6. The van der Waals surface area contributed by atoms with E-state index in [0.29, 0.717) is 0 Å². The summed E-state index contributed by atoms with van der Waals surface area (Å²) in [7, 11) is 0. The average molecular weight is 232 g/mol. The molecular formula is C8H5FN8. The van der Waals surface area contributed by atoms with Crippen molar-refractivity contribution in [3.05, 3.63) is 37.5 Å². The lowest BCUT2D eigenvalue weighted by atomic mass is 10.5. The second kappa shape index (κ2) is 3.70. The van der Waals surface area contributed by atoms with Crippen LogP contribution in [0.25, 0.3) is 11.6 Å². The van der Waals surface area contributed by atoms with E-state index in [2.05, 4.69) is 30.1 Å². The van der Waals surface area contributed by atoms with Crippen molar-refractivity contribution in [2.45, 2.75) is 0 Å². The second-order valence-electron chi connectivity index (χ2n) is 3.01. The van der Waals surface area contributed by atoms with Gasteiger partial charge in [-0.25, -0.2) is 19.9 Å². The fourth-order valence-corrected chi connectivity index (χ4v) is 1.31. The zero-order valence-corrected chi connectivity index (χ0v) is 8.34. The van der Waals surface area contributed by atoms with Crippen LogP contribution in [0.15, 0.2) is 31.6 Å².